The van der Waals surface area contributed by atoms with E-state index in [-0.39, 0.29) is 4.90 Å². The number of ether oxygens (including phenoxy) is 1. The highest BCUT2D eigenvalue weighted by molar-refractivity contribution is 7.90. The molecule has 1 aromatic heterocycles. The Balaban J connectivity index is 1.71. The Kier molecular flexibility index (Phi) is 6.05. The van der Waals surface area contributed by atoms with E-state index in [1.165, 1.54) is 12.1 Å². The minimum atomic E-state index is -3.31. The van der Waals surface area contributed by atoms with E-state index in [4.69, 9.17) is 4.74 Å². The highest BCUT2D eigenvalue weighted by atomic mass is 32.2. The highest BCUT2D eigenvalue weighted by Crippen LogP contribution is 2.28. The van der Waals surface area contributed by atoms with Crippen LogP contribution in [-0.4, -0.2) is 82.4 Å². The second-order valence-corrected chi connectivity index (χ2v) is 9.69. The minimum absolute atomic E-state index is 0.216. The Morgan fingerprint density at radius 2 is 1.78 bits per heavy atom. The van der Waals surface area contributed by atoms with Gasteiger partial charge in [0.2, 0.25) is 0 Å². The molecule has 0 radical (unpaired) electrons. The summed E-state index contributed by atoms with van der Waals surface area (Å²) >= 11 is 0. The van der Waals surface area contributed by atoms with E-state index < -0.39 is 47.0 Å². The van der Waals surface area contributed by atoms with Gasteiger partial charge in [0.1, 0.15) is 30.5 Å². The second kappa shape index (κ2) is 8.63. The average Bonchev–Trinajstić information content (AvgIpc) is 3.25. The lowest BCUT2D eigenvalue weighted by molar-refractivity contribution is -0.214. The van der Waals surface area contributed by atoms with Crippen molar-refractivity contribution in [2.75, 3.05) is 12.9 Å². The van der Waals surface area contributed by atoms with Gasteiger partial charge in [0.25, 0.3) is 0 Å². The van der Waals surface area contributed by atoms with Crippen LogP contribution in [-0.2, 0) is 14.6 Å². The molecule has 0 saturated carbocycles. The Morgan fingerprint density at radius 3 is 2.44 bits per heavy atom. The maximum Gasteiger partial charge on any atom is 0.175 e. The summed E-state index contributed by atoms with van der Waals surface area (Å²) < 4.78 is 28.9. The van der Waals surface area contributed by atoms with Gasteiger partial charge in [-0.3, -0.25) is 5.10 Å². The molecule has 1 aliphatic heterocycles. The smallest absolute Gasteiger partial charge is 0.175 e. The van der Waals surface area contributed by atoms with Crippen LogP contribution in [0, 0.1) is 11.8 Å². The van der Waals surface area contributed by atoms with Crippen LogP contribution in [0.25, 0.3) is 22.0 Å². The zero-order valence-electron chi connectivity index (χ0n) is 17.0. The molecule has 0 bridgehead atoms. The Morgan fingerprint density at radius 1 is 1.06 bits per heavy atom. The van der Waals surface area contributed by atoms with E-state index in [1.807, 2.05) is 6.07 Å². The van der Waals surface area contributed by atoms with Crippen molar-refractivity contribution >= 4 is 20.7 Å². The van der Waals surface area contributed by atoms with Crippen molar-refractivity contribution in [2.24, 2.45) is 0 Å². The van der Waals surface area contributed by atoms with Crippen molar-refractivity contribution in [3.63, 3.8) is 0 Å². The molecule has 2 heterocycles. The minimum Gasteiger partial charge on any atom is -0.394 e. The zero-order valence-corrected chi connectivity index (χ0v) is 17.8. The SMILES string of the molecule is CS(=O)(=O)c1ccc(-c2cc(C#C[C@H]3O[C@H](CO)[C@@H](O)[C@H](O)[C@@H]3O)c3[nH]ncc3c2)cc1. The van der Waals surface area contributed by atoms with Crippen LogP contribution in [0.15, 0.2) is 47.5 Å². The van der Waals surface area contributed by atoms with Gasteiger partial charge >= 0.3 is 0 Å². The fraction of sp³-hybridized carbons (Fsp3) is 0.318. The van der Waals surface area contributed by atoms with Gasteiger partial charge in [0.05, 0.1) is 28.8 Å². The number of aliphatic hydroxyl groups is 4. The summed E-state index contributed by atoms with van der Waals surface area (Å²) in [6.07, 6.45) is -3.81. The first-order chi connectivity index (χ1) is 15.2. The number of hydrogen-bond donors (Lipinski definition) is 5. The van der Waals surface area contributed by atoms with Crippen molar-refractivity contribution in [3.8, 4) is 23.0 Å². The molecule has 0 spiro atoms. The summed E-state index contributed by atoms with van der Waals surface area (Å²) in [6.45, 7) is -0.535. The normalized spacial score (nSPS) is 26.0. The van der Waals surface area contributed by atoms with Gasteiger partial charge in [-0.1, -0.05) is 24.0 Å². The number of benzene rings is 2. The quantitative estimate of drug-likeness (QED) is 0.339. The van der Waals surface area contributed by atoms with Crippen molar-refractivity contribution in [2.45, 2.75) is 35.4 Å². The van der Waals surface area contributed by atoms with E-state index in [0.717, 1.165) is 22.8 Å². The number of aromatic amines is 1. The van der Waals surface area contributed by atoms with E-state index in [0.29, 0.717) is 11.1 Å². The topological polar surface area (TPSA) is 153 Å². The summed E-state index contributed by atoms with van der Waals surface area (Å²) in [5, 5.41) is 47.1. The van der Waals surface area contributed by atoms with Crippen LogP contribution in [0.1, 0.15) is 5.56 Å². The maximum atomic E-state index is 11.7. The first-order valence-electron chi connectivity index (χ1n) is 9.78. The number of aliphatic hydroxyl groups excluding tert-OH is 4. The van der Waals surface area contributed by atoms with E-state index in [1.54, 1.807) is 24.4 Å². The first kappa shape index (κ1) is 22.4. The van der Waals surface area contributed by atoms with Gasteiger partial charge in [-0.15, -0.1) is 0 Å². The van der Waals surface area contributed by atoms with Crippen LogP contribution in [0.2, 0.25) is 0 Å². The van der Waals surface area contributed by atoms with E-state index in [2.05, 4.69) is 22.0 Å². The molecule has 1 fully saturated rings. The molecule has 32 heavy (non-hydrogen) atoms. The van der Waals surface area contributed by atoms with Crippen molar-refractivity contribution in [1.29, 1.82) is 0 Å². The largest absolute Gasteiger partial charge is 0.394 e. The predicted molar refractivity (Wildman–Crippen MR) is 115 cm³/mol. The van der Waals surface area contributed by atoms with Crippen LogP contribution in [0.4, 0.5) is 0 Å². The summed E-state index contributed by atoms with van der Waals surface area (Å²) in [4.78, 5) is 0.216. The number of rotatable bonds is 3. The molecular formula is C22H22N2O7S. The lowest BCUT2D eigenvalue weighted by Crippen LogP contribution is -2.58. The standard InChI is InChI=1S/C22H22N2O7S/c1-32(29,30)16-5-2-12(3-6-16)14-8-13(19-15(9-14)10-23-24-19)4-7-17-20(26)22(28)21(27)18(11-25)31-17/h2-3,5-6,8-10,17-18,20-22,25-28H,11H2,1H3,(H,23,24)/t17-,18-,20-,21-,22-/m1/s1. The first-order valence-corrected chi connectivity index (χ1v) is 11.7. The van der Waals surface area contributed by atoms with Crippen molar-refractivity contribution < 1.29 is 33.6 Å². The van der Waals surface area contributed by atoms with E-state index >= 15 is 0 Å². The molecule has 0 unspecified atom stereocenters. The molecule has 4 rings (SSSR count). The number of hydrogen-bond acceptors (Lipinski definition) is 8. The van der Waals surface area contributed by atoms with Crippen LogP contribution in [0.5, 0.6) is 0 Å². The molecule has 5 N–H and O–H groups in total. The van der Waals surface area contributed by atoms with Crippen molar-refractivity contribution in [3.05, 3.63) is 48.2 Å². The summed E-state index contributed by atoms with van der Waals surface area (Å²) in [7, 11) is -3.31. The van der Waals surface area contributed by atoms with Gasteiger partial charge in [-0.2, -0.15) is 5.10 Å². The zero-order chi connectivity index (χ0) is 23.0. The molecule has 0 aliphatic carbocycles. The Labute approximate surface area is 184 Å². The maximum absolute atomic E-state index is 11.7. The van der Waals surface area contributed by atoms with Crippen LogP contribution >= 0.6 is 0 Å². The molecule has 168 valence electrons. The number of nitrogens with zero attached hydrogens (tertiary/aromatic N) is 1. The van der Waals surface area contributed by atoms with Gasteiger partial charge in [-0.05, 0) is 35.4 Å². The van der Waals surface area contributed by atoms with Crippen LogP contribution < -0.4 is 0 Å². The summed E-state index contributed by atoms with van der Waals surface area (Å²) in [5.74, 6) is 5.68. The van der Waals surface area contributed by atoms with Gasteiger partial charge in [0.15, 0.2) is 9.84 Å². The lowest BCUT2D eigenvalue weighted by Gasteiger charge is -2.37. The third-order valence-corrected chi connectivity index (χ3v) is 6.53. The van der Waals surface area contributed by atoms with Gasteiger partial charge in [-0.25, -0.2) is 8.42 Å². The van der Waals surface area contributed by atoms with E-state index in [9.17, 15) is 28.8 Å². The fourth-order valence-electron chi connectivity index (χ4n) is 3.59. The van der Waals surface area contributed by atoms with Crippen LogP contribution in [0.3, 0.4) is 0 Å². The molecule has 2 aromatic carbocycles. The predicted octanol–water partition coefficient (Wildman–Crippen LogP) is -0.173. The number of H-pyrrole nitrogens is 1. The molecular weight excluding hydrogens is 436 g/mol. The number of fused-ring (bicyclic) bond motifs is 1. The number of nitrogens with one attached hydrogen (secondary N) is 1. The molecule has 1 saturated heterocycles. The molecule has 10 heteroatoms. The monoisotopic (exact) mass is 458 g/mol. The average molecular weight is 458 g/mol. The fourth-order valence-corrected chi connectivity index (χ4v) is 4.22. The molecule has 9 nitrogen and oxygen atoms in total. The molecule has 5 atom stereocenters. The highest BCUT2D eigenvalue weighted by Gasteiger charge is 2.42. The molecule has 3 aromatic rings. The van der Waals surface area contributed by atoms with Gasteiger partial charge in [0, 0.05) is 11.6 Å². The second-order valence-electron chi connectivity index (χ2n) is 7.67. The van der Waals surface area contributed by atoms with Crippen molar-refractivity contribution in [1.82, 2.24) is 10.2 Å². The Hall–Kier alpha value is -2.78. The third-order valence-electron chi connectivity index (χ3n) is 5.41. The molecule has 0 amide bonds. The van der Waals surface area contributed by atoms with Gasteiger partial charge < -0.3 is 25.2 Å². The summed E-state index contributed by atoms with van der Waals surface area (Å²) in [5.41, 5.74) is 2.74. The number of aromatic nitrogens is 2. The summed E-state index contributed by atoms with van der Waals surface area (Å²) in [6, 6.07) is 10.1. The number of sulfone groups is 1. The lowest BCUT2D eigenvalue weighted by atomic mass is 9.95. The molecule has 1 aliphatic rings. The third kappa shape index (κ3) is 4.27. The Bertz CT molecular complexity index is 1290.